The van der Waals surface area contributed by atoms with Gasteiger partial charge in [-0.15, -0.1) is 0 Å². The molecule has 4 rings (SSSR count). The van der Waals surface area contributed by atoms with E-state index in [1.165, 1.54) is 24.3 Å². The first kappa shape index (κ1) is 13.9. The number of phenols is 1. The number of aromatic hydroxyl groups is 1. The Balaban J connectivity index is 1.97. The number of rotatable bonds is 1. The van der Waals surface area contributed by atoms with Gasteiger partial charge in [-0.3, -0.25) is 0 Å². The molecule has 0 bridgehead atoms. The lowest BCUT2D eigenvalue weighted by Gasteiger charge is -2.37. The van der Waals surface area contributed by atoms with Crippen LogP contribution in [0.15, 0.2) is 30.3 Å². The van der Waals surface area contributed by atoms with Crippen LogP contribution < -0.4 is 15.2 Å². The molecular formula is C17H13FNO4-. The van der Waals surface area contributed by atoms with Gasteiger partial charge in [-0.05, 0) is 42.3 Å². The molecule has 2 aliphatic heterocycles. The molecule has 3 atom stereocenters. The third kappa shape index (κ3) is 1.94. The van der Waals surface area contributed by atoms with Gasteiger partial charge in [0.05, 0.1) is 11.9 Å². The van der Waals surface area contributed by atoms with Gasteiger partial charge in [0, 0.05) is 17.3 Å². The Hall–Kier alpha value is -2.76. The zero-order chi connectivity index (χ0) is 16.3. The normalized spacial score (nSPS) is 24.0. The molecule has 2 aromatic rings. The third-order valence-electron chi connectivity index (χ3n) is 4.47. The first-order valence-corrected chi connectivity index (χ1v) is 7.22. The van der Waals surface area contributed by atoms with Crippen LogP contribution in [0.3, 0.4) is 0 Å². The lowest BCUT2D eigenvalue weighted by molar-refractivity contribution is -0.308. The number of benzene rings is 2. The van der Waals surface area contributed by atoms with Crippen LogP contribution in [-0.2, 0) is 4.79 Å². The first-order chi connectivity index (χ1) is 11.0. The number of hydrogen-bond acceptors (Lipinski definition) is 5. The average molecular weight is 314 g/mol. The van der Waals surface area contributed by atoms with Crippen molar-refractivity contribution in [3.8, 4) is 11.5 Å². The second-order valence-electron chi connectivity index (χ2n) is 5.91. The second kappa shape index (κ2) is 4.62. The van der Waals surface area contributed by atoms with Gasteiger partial charge in [-0.25, -0.2) is 4.39 Å². The third-order valence-corrected chi connectivity index (χ3v) is 4.47. The SMILES string of the molecule is Cc1cc(O)cc2c1C1c3cc(F)ccc3OC1C(C(=O)[O-])N2. The standard InChI is InChI=1S/C17H14FNO4/c1-7-4-9(20)6-11-13(7)14-10-5-8(18)2-3-12(10)23-16(14)15(19-11)17(21)22/h2-6,14-16,19-20H,1H3,(H,21,22)/p-1. The number of anilines is 1. The fourth-order valence-electron chi connectivity index (χ4n) is 3.60. The van der Waals surface area contributed by atoms with Crippen LogP contribution in [0.1, 0.15) is 22.6 Å². The van der Waals surface area contributed by atoms with E-state index >= 15 is 0 Å². The van der Waals surface area contributed by atoms with E-state index in [4.69, 9.17) is 4.74 Å². The quantitative estimate of drug-likeness (QED) is 0.828. The van der Waals surface area contributed by atoms with Crippen molar-refractivity contribution in [3.05, 3.63) is 52.8 Å². The predicted molar refractivity (Wildman–Crippen MR) is 77.9 cm³/mol. The van der Waals surface area contributed by atoms with E-state index in [-0.39, 0.29) is 5.75 Å². The number of carbonyl (C=O) groups is 1. The second-order valence-corrected chi connectivity index (χ2v) is 5.91. The maximum atomic E-state index is 13.7. The van der Waals surface area contributed by atoms with Crippen LogP contribution in [0.4, 0.5) is 10.1 Å². The van der Waals surface area contributed by atoms with Crippen molar-refractivity contribution in [3.63, 3.8) is 0 Å². The number of ether oxygens (including phenoxy) is 1. The number of aliphatic carboxylic acids is 1. The Bertz CT molecular complexity index is 836. The number of carboxylic acid groups (broad SMARTS) is 1. The molecule has 0 radical (unpaired) electrons. The van der Waals surface area contributed by atoms with Crippen LogP contribution >= 0.6 is 0 Å². The fourth-order valence-corrected chi connectivity index (χ4v) is 3.60. The van der Waals surface area contributed by atoms with Gasteiger partial charge in [0.1, 0.15) is 29.5 Å². The Morgan fingerprint density at radius 2 is 2.13 bits per heavy atom. The summed E-state index contributed by atoms with van der Waals surface area (Å²) >= 11 is 0. The largest absolute Gasteiger partial charge is 0.548 e. The molecule has 0 saturated carbocycles. The molecule has 0 amide bonds. The molecule has 3 unspecified atom stereocenters. The van der Waals surface area contributed by atoms with Crippen molar-refractivity contribution >= 4 is 11.7 Å². The molecular weight excluding hydrogens is 301 g/mol. The number of aryl methyl sites for hydroxylation is 1. The summed E-state index contributed by atoms with van der Waals surface area (Å²) < 4.78 is 19.4. The van der Waals surface area contributed by atoms with Crippen LogP contribution in [-0.4, -0.2) is 23.2 Å². The van der Waals surface area contributed by atoms with Gasteiger partial charge in [-0.1, -0.05) is 0 Å². The van der Waals surface area contributed by atoms with Gasteiger partial charge in [0.2, 0.25) is 0 Å². The molecule has 118 valence electrons. The van der Waals surface area contributed by atoms with E-state index in [1.807, 2.05) is 6.92 Å². The summed E-state index contributed by atoms with van der Waals surface area (Å²) in [6.45, 7) is 1.81. The molecule has 2 aromatic carbocycles. The molecule has 0 aliphatic carbocycles. The zero-order valence-corrected chi connectivity index (χ0v) is 12.2. The summed E-state index contributed by atoms with van der Waals surface area (Å²) in [7, 11) is 0. The number of carbonyl (C=O) groups excluding carboxylic acids is 1. The minimum atomic E-state index is -1.31. The molecule has 0 spiro atoms. The first-order valence-electron chi connectivity index (χ1n) is 7.22. The van der Waals surface area contributed by atoms with Crippen molar-refractivity contribution in [2.24, 2.45) is 0 Å². The summed E-state index contributed by atoms with van der Waals surface area (Å²) in [5.41, 5.74) is 2.69. The lowest BCUT2D eigenvalue weighted by Crippen LogP contribution is -2.53. The molecule has 0 fully saturated rings. The van der Waals surface area contributed by atoms with Gasteiger partial charge < -0.3 is 25.1 Å². The summed E-state index contributed by atoms with van der Waals surface area (Å²) in [6, 6.07) is 6.12. The Morgan fingerprint density at radius 1 is 1.35 bits per heavy atom. The maximum Gasteiger partial charge on any atom is 0.135 e. The van der Waals surface area contributed by atoms with E-state index in [1.54, 1.807) is 6.07 Å². The highest BCUT2D eigenvalue weighted by Crippen LogP contribution is 2.50. The van der Waals surface area contributed by atoms with Crippen LogP contribution in [0.5, 0.6) is 11.5 Å². The summed E-state index contributed by atoms with van der Waals surface area (Å²) in [5, 5.41) is 24.1. The lowest BCUT2D eigenvalue weighted by atomic mass is 9.79. The monoisotopic (exact) mass is 314 g/mol. The molecule has 0 aromatic heterocycles. The Morgan fingerprint density at radius 3 is 2.87 bits per heavy atom. The summed E-state index contributed by atoms with van der Waals surface area (Å²) in [6.07, 6.45) is -0.729. The van der Waals surface area contributed by atoms with Gasteiger partial charge in [-0.2, -0.15) is 0 Å². The van der Waals surface area contributed by atoms with E-state index in [9.17, 15) is 19.4 Å². The zero-order valence-electron chi connectivity index (χ0n) is 12.2. The molecule has 23 heavy (non-hydrogen) atoms. The number of fused-ring (bicyclic) bond motifs is 5. The number of halogens is 1. The van der Waals surface area contributed by atoms with Crippen molar-refractivity contribution in [1.82, 2.24) is 0 Å². The highest BCUT2D eigenvalue weighted by atomic mass is 19.1. The van der Waals surface area contributed by atoms with Gasteiger partial charge in [0.15, 0.2) is 0 Å². The van der Waals surface area contributed by atoms with Crippen LogP contribution in [0, 0.1) is 12.7 Å². The van der Waals surface area contributed by atoms with E-state index in [0.29, 0.717) is 17.0 Å². The van der Waals surface area contributed by atoms with Crippen molar-refractivity contribution in [2.45, 2.75) is 25.0 Å². The van der Waals surface area contributed by atoms with Crippen LogP contribution in [0.2, 0.25) is 0 Å². The van der Waals surface area contributed by atoms with Crippen molar-refractivity contribution in [2.75, 3.05) is 5.32 Å². The number of nitrogens with one attached hydrogen (secondary N) is 1. The topological polar surface area (TPSA) is 81.6 Å². The van der Waals surface area contributed by atoms with Gasteiger partial charge >= 0.3 is 0 Å². The highest BCUT2D eigenvalue weighted by molar-refractivity contribution is 5.81. The molecule has 2 aliphatic rings. The molecule has 5 nitrogen and oxygen atoms in total. The van der Waals surface area contributed by atoms with E-state index < -0.39 is 29.9 Å². The average Bonchev–Trinajstić information content (AvgIpc) is 2.84. The molecule has 2 heterocycles. The Labute approximate surface area is 131 Å². The number of phenolic OH excluding ortho intramolecular Hbond substituents is 1. The number of carboxylic acids is 1. The summed E-state index contributed by atoms with van der Waals surface area (Å²) in [5.74, 6) is -1.65. The van der Waals surface area contributed by atoms with Crippen molar-refractivity contribution < 1.29 is 24.1 Å². The molecule has 6 heteroatoms. The maximum absolute atomic E-state index is 13.7. The minimum absolute atomic E-state index is 0.0303. The summed E-state index contributed by atoms with van der Waals surface area (Å²) in [4.78, 5) is 11.5. The smallest absolute Gasteiger partial charge is 0.135 e. The molecule has 2 N–H and O–H groups in total. The molecule has 0 saturated heterocycles. The van der Waals surface area contributed by atoms with Crippen molar-refractivity contribution in [1.29, 1.82) is 0 Å². The predicted octanol–water partition coefficient (Wildman–Crippen LogP) is 1.28. The number of hydrogen-bond donors (Lipinski definition) is 2. The van der Waals surface area contributed by atoms with Crippen LogP contribution in [0.25, 0.3) is 0 Å². The Kier molecular flexibility index (Phi) is 2.78. The minimum Gasteiger partial charge on any atom is -0.548 e. The van der Waals surface area contributed by atoms with E-state index in [0.717, 1.165) is 11.1 Å². The highest BCUT2D eigenvalue weighted by Gasteiger charge is 2.46. The van der Waals surface area contributed by atoms with Gasteiger partial charge in [0.25, 0.3) is 0 Å². The fraction of sp³-hybridized carbons (Fsp3) is 0.235. The van der Waals surface area contributed by atoms with E-state index in [2.05, 4.69) is 5.32 Å².